The van der Waals surface area contributed by atoms with Crippen LogP contribution in [0, 0.1) is 6.92 Å². The van der Waals surface area contributed by atoms with E-state index in [0.717, 1.165) is 34.3 Å². The lowest BCUT2D eigenvalue weighted by atomic mass is 10.4. The van der Waals surface area contributed by atoms with Gasteiger partial charge in [0.1, 0.15) is 5.82 Å². The fourth-order valence-electron chi connectivity index (χ4n) is 1.26. The summed E-state index contributed by atoms with van der Waals surface area (Å²) in [5, 5.41) is 13.2. The highest BCUT2D eigenvalue weighted by Gasteiger charge is 2.00. The number of aryl methyl sites for hydroxylation is 1. The highest BCUT2D eigenvalue weighted by atomic mass is 79.9. The molecule has 17 heavy (non-hydrogen) atoms. The summed E-state index contributed by atoms with van der Waals surface area (Å²) in [4.78, 5) is 5.58. The van der Waals surface area contributed by atoms with Gasteiger partial charge in [-0.1, -0.05) is 11.8 Å². The fraction of sp³-hybridized carbons (Fsp3) is 0.400. The van der Waals surface area contributed by atoms with Gasteiger partial charge in [-0.2, -0.15) is 0 Å². The topological polar surface area (TPSA) is 53.6 Å². The lowest BCUT2D eigenvalue weighted by molar-refractivity contribution is 0.740. The maximum atomic E-state index is 4.23. The molecule has 4 nitrogen and oxygen atoms in total. The number of nitrogens with zero attached hydrogens (tertiary/aromatic N) is 2. The van der Waals surface area contributed by atoms with Gasteiger partial charge in [0.2, 0.25) is 5.16 Å². The third-order valence-corrected chi connectivity index (χ3v) is 4.55. The Kier molecular flexibility index (Phi) is 5.02. The molecule has 0 aliphatic rings. The smallest absolute Gasteiger partial charge is 0.208 e. The Morgan fingerprint density at radius 2 is 2.47 bits per heavy atom. The summed E-state index contributed by atoms with van der Waals surface area (Å²) in [6.45, 7) is 3.78. The van der Waals surface area contributed by atoms with E-state index in [1.807, 2.05) is 6.92 Å². The minimum absolute atomic E-state index is 0.822. The van der Waals surface area contributed by atoms with Crippen molar-refractivity contribution in [3.05, 3.63) is 26.6 Å². The first kappa shape index (κ1) is 13.1. The zero-order chi connectivity index (χ0) is 12.1. The number of hydrogen-bond donors (Lipinski definition) is 2. The third kappa shape index (κ3) is 4.42. The lowest BCUT2D eigenvalue weighted by Crippen LogP contribution is -2.15. The molecular formula is C10H13BrN4S2. The van der Waals surface area contributed by atoms with Crippen LogP contribution in [0.2, 0.25) is 0 Å². The van der Waals surface area contributed by atoms with Gasteiger partial charge in [-0.3, -0.25) is 5.10 Å². The molecule has 0 fully saturated rings. The number of thioether (sulfide) groups is 1. The van der Waals surface area contributed by atoms with Crippen molar-refractivity contribution in [1.82, 2.24) is 20.5 Å². The largest absolute Gasteiger partial charge is 0.311 e. The molecule has 0 unspecified atom stereocenters. The summed E-state index contributed by atoms with van der Waals surface area (Å²) in [5.41, 5.74) is 0. The second-order valence-electron chi connectivity index (χ2n) is 3.46. The quantitative estimate of drug-likeness (QED) is 0.630. The Bertz CT molecular complexity index is 426. The Morgan fingerprint density at radius 3 is 3.12 bits per heavy atom. The average Bonchev–Trinajstić information content (AvgIpc) is 2.88. The van der Waals surface area contributed by atoms with Crippen molar-refractivity contribution in [2.45, 2.75) is 18.6 Å². The van der Waals surface area contributed by atoms with E-state index in [2.05, 4.69) is 47.9 Å². The van der Waals surface area contributed by atoms with E-state index in [0.29, 0.717) is 0 Å². The van der Waals surface area contributed by atoms with E-state index in [1.165, 1.54) is 4.88 Å². The van der Waals surface area contributed by atoms with Crippen LogP contribution >= 0.6 is 39.0 Å². The van der Waals surface area contributed by atoms with Gasteiger partial charge in [0.05, 0.1) is 0 Å². The maximum absolute atomic E-state index is 4.23. The van der Waals surface area contributed by atoms with E-state index in [-0.39, 0.29) is 0 Å². The second-order valence-corrected chi connectivity index (χ2v) is 6.43. The molecule has 0 saturated carbocycles. The molecule has 92 valence electrons. The van der Waals surface area contributed by atoms with Crippen molar-refractivity contribution in [2.75, 3.05) is 12.3 Å². The monoisotopic (exact) mass is 332 g/mol. The van der Waals surface area contributed by atoms with Crippen molar-refractivity contribution in [1.29, 1.82) is 0 Å². The number of H-pyrrole nitrogens is 1. The van der Waals surface area contributed by atoms with Gasteiger partial charge in [0.15, 0.2) is 0 Å². The number of rotatable bonds is 6. The summed E-state index contributed by atoms with van der Waals surface area (Å²) in [7, 11) is 0. The maximum Gasteiger partial charge on any atom is 0.208 e. The standard InChI is InChI=1S/C10H13BrN4S2/c1-7-13-10(15-14-7)16-3-2-12-5-9-4-8(11)6-17-9/h4,6,12H,2-3,5H2,1H3,(H,13,14,15). The average molecular weight is 333 g/mol. The number of thiophene rings is 1. The molecule has 0 saturated heterocycles. The van der Waals surface area contributed by atoms with Crippen LogP contribution in [0.5, 0.6) is 0 Å². The van der Waals surface area contributed by atoms with Crippen molar-refractivity contribution < 1.29 is 0 Å². The minimum atomic E-state index is 0.822. The number of aromatic nitrogens is 3. The van der Waals surface area contributed by atoms with Gasteiger partial charge in [-0.25, -0.2) is 4.98 Å². The van der Waals surface area contributed by atoms with Crippen molar-refractivity contribution in [3.8, 4) is 0 Å². The molecule has 7 heteroatoms. The Hall–Kier alpha value is -0.370. The van der Waals surface area contributed by atoms with E-state index in [1.54, 1.807) is 23.1 Å². The molecule has 0 spiro atoms. The summed E-state index contributed by atoms with van der Waals surface area (Å²) in [5.74, 6) is 1.84. The zero-order valence-electron chi connectivity index (χ0n) is 9.36. The Morgan fingerprint density at radius 1 is 1.59 bits per heavy atom. The van der Waals surface area contributed by atoms with Crippen LogP contribution in [-0.2, 0) is 6.54 Å². The minimum Gasteiger partial charge on any atom is -0.311 e. The fourth-order valence-corrected chi connectivity index (χ4v) is 3.42. The summed E-state index contributed by atoms with van der Waals surface area (Å²) >= 11 is 6.87. The molecule has 0 atom stereocenters. The van der Waals surface area contributed by atoms with E-state index in [4.69, 9.17) is 0 Å². The molecule has 2 aromatic heterocycles. The van der Waals surface area contributed by atoms with Gasteiger partial charge in [-0.05, 0) is 28.9 Å². The van der Waals surface area contributed by atoms with Crippen LogP contribution in [0.15, 0.2) is 21.1 Å². The highest BCUT2D eigenvalue weighted by Crippen LogP contribution is 2.19. The summed E-state index contributed by atoms with van der Waals surface area (Å²) in [6.07, 6.45) is 0. The molecule has 0 aliphatic carbocycles. The zero-order valence-corrected chi connectivity index (χ0v) is 12.6. The number of halogens is 1. The third-order valence-electron chi connectivity index (χ3n) is 2.01. The van der Waals surface area contributed by atoms with Gasteiger partial charge in [0.25, 0.3) is 0 Å². The van der Waals surface area contributed by atoms with Crippen LogP contribution in [0.4, 0.5) is 0 Å². The van der Waals surface area contributed by atoms with Crippen LogP contribution in [0.3, 0.4) is 0 Å². The summed E-state index contributed by atoms with van der Waals surface area (Å²) in [6, 6.07) is 2.14. The Labute approximate surface area is 117 Å². The second kappa shape index (κ2) is 6.53. The first-order valence-electron chi connectivity index (χ1n) is 5.19. The van der Waals surface area contributed by atoms with E-state index in [9.17, 15) is 0 Å². The normalized spacial score (nSPS) is 10.9. The molecule has 0 aromatic carbocycles. The lowest BCUT2D eigenvalue weighted by Gasteiger charge is -2.00. The van der Waals surface area contributed by atoms with Crippen molar-refractivity contribution in [3.63, 3.8) is 0 Å². The van der Waals surface area contributed by atoms with Gasteiger partial charge in [-0.15, -0.1) is 16.4 Å². The molecule has 2 aromatic rings. The summed E-state index contributed by atoms with van der Waals surface area (Å²) < 4.78 is 1.16. The van der Waals surface area contributed by atoms with Crippen LogP contribution < -0.4 is 5.32 Å². The molecule has 2 N–H and O–H groups in total. The SMILES string of the molecule is Cc1nc(SCCNCc2cc(Br)cs2)n[nH]1. The molecule has 0 amide bonds. The molecule has 0 aliphatic heterocycles. The number of hydrogen-bond acceptors (Lipinski definition) is 5. The van der Waals surface area contributed by atoms with Gasteiger partial charge >= 0.3 is 0 Å². The van der Waals surface area contributed by atoms with Gasteiger partial charge in [0, 0.05) is 33.6 Å². The van der Waals surface area contributed by atoms with Crippen LogP contribution in [-0.4, -0.2) is 27.5 Å². The predicted molar refractivity (Wildman–Crippen MR) is 75.6 cm³/mol. The molecule has 0 bridgehead atoms. The van der Waals surface area contributed by atoms with Crippen LogP contribution in [0.1, 0.15) is 10.7 Å². The highest BCUT2D eigenvalue weighted by molar-refractivity contribution is 9.10. The molecular weight excluding hydrogens is 320 g/mol. The number of nitrogens with one attached hydrogen (secondary N) is 2. The molecule has 2 heterocycles. The van der Waals surface area contributed by atoms with Gasteiger partial charge < -0.3 is 5.32 Å². The first-order valence-corrected chi connectivity index (χ1v) is 7.85. The molecule has 0 radical (unpaired) electrons. The van der Waals surface area contributed by atoms with Crippen LogP contribution in [0.25, 0.3) is 0 Å². The van der Waals surface area contributed by atoms with E-state index >= 15 is 0 Å². The Balaban J connectivity index is 1.60. The van der Waals surface area contributed by atoms with E-state index < -0.39 is 0 Å². The molecule has 2 rings (SSSR count). The predicted octanol–water partition coefficient (Wildman–Crippen LogP) is 2.82. The first-order chi connectivity index (χ1) is 8.24. The van der Waals surface area contributed by atoms with Crippen molar-refractivity contribution in [2.24, 2.45) is 0 Å². The number of aromatic amines is 1. The van der Waals surface area contributed by atoms with Crippen molar-refractivity contribution >= 4 is 39.0 Å².